The first-order valence-electron chi connectivity index (χ1n) is 4.44. The van der Waals surface area contributed by atoms with E-state index in [4.69, 9.17) is 15.6 Å². The molecule has 3 nitrogen and oxygen atoms in total. The van der Waals surface area contributed by atoms with Crippen molar-refractivity contribution in [1.29, 1.82) is 0 Å². The molecule has 1 heterocycles. The Hall–Kier alpha value is -0.580. The van der Waals surface area contributed by atoms with E-state index in [1.54, 1.807) is 0 Å². The second-order valence-corrected chi connectivity index (χ2v) is 4.65. The highest BCUT2D eigenvalue weighted by Crippen LogP contribution is 2.30. The Labute approximate surface area is 91.0 Å². The SMILES string of the molecule is NC1(CO)COc2ccc(Br)cc2C1. The molecule has 1 atom stereocenters. The molecule has 1 aliphatic heterocycles. The fourth-order valence-electron chi connectivity index (χ4n) is 1.58. The van der Waals surface area contributed by atoms with E-state index in [-0.39, 0.29) is 6.61 Å². The summed E-state index contributed by atoms with van der Waals surface area (Å²) >= 11 is 3.39. The standard InChI is InChI=1S/C10H12BrNO2/c11-8-1-2-9-7(3-8)4-10(12,5-13)6-14-9/h1-3,13H,4-6,12H2. The Morgan fingerprint density at radius 3 is 3.07 bits per heavy atom. The smallest absolute Gasteiger partial charge is 0.122 e. The molecule has 0 radical (unpaired) electrons. The molecular formula is C10H12BrNO2. The largest absolute Gasteiger partial charge is 0.491 e. The number of ether oxygens (including phenoxy) is 1. The molecule has 1 aliphatic rings. The molecule has 0 fully saturated rings. The Balaban J connectivity index is 2.33. The van der Waals surface area contributed by atoms with Crippen molar-refractivity contribution >= 4 is 15.9 Å². The molecule has 1 aromatic rings. The number of fused-ring (bicyclic) bond motifs is 1. The summed E-state index contributed by atoms with van der Waals surface area (Å²) in [4.78, 5) is 0. The van der Waals surface area contributed by atoms with Crippen LogP contribution in [-0.4, -0.2) is 23.9 Å². The summed E-state index contributed by atoms with van der Waals surface area (Å²) in [7, 11) is 0. The van der Waals surface area contributed by atoms with Gasteiger partial charge in [-0.1, -0.05) is 15.9 Å². The summed E-state index contributed by atoms with van der Waals surface area (Å²) in [5.74, 6) is 0.864. The van der Waals surface area contributed by atoms with E-state index >= 15 is 0 Å². The number of nitrogens with two attached hydrogens (primary N) is 1. The Morgan fingerprint density at radius 1 is 1.57 bits per heavy atom. The van der Waals surface area contributed by atoms with Crippen LogP contribution in [0.25, 0.3) is 0 Å². The van der Waals surface area contributed by atoms with Crippen molar-refractivity contribution in [1.82, 2.24) is 0 Å². The van der Waals surface area contributed by atoms with E-state index in [0.717, 1.165) is 15.8 Å². The summed E-state index contributed by atoms with van der Waals surface area (Å²) in [6, 6.07) is 5.82. The van der Waals surface area contributed by atoms with Crippen LogP contribution in [-0.2, 0) is 6.42 Å². The van der Waals surface area contributed by atoms with Crippen molar-refractivity contribution in [2.45, 2.75) is 12.0 Å². The van der Waals surface area contributed by atoms with Crippen LogP contribution in [0.1, 0.15) is 5.56 Å². The van der Waals surface area contributed by atoms with Crippen LogP contribution >= 0.6 is 15.9 Å². The maximum absolute atomic E-state index is 9.13. The van der Waals surface area contributed by atoms with Gasteiger partial charge in [0.05, 0.1) is 12.1 Å². The topological polar surface area (TPSA) is 55.5 Å². The van der Waals surface area contributed by atoms with Crippen LogP contribution in [0.5, 0.6) is 5.75 Å². The molecule has 0 saturated heterocycles. The van der Waals surface area contributed by atoms with Crippen LogP contribution in [0.3, 0.4) is 0 Å². The Morgan fingerprint density at radius 2 is 2.36 bits per heavy atom. The minimum atomic E-state index is -0.631. The second-order valence-electron chi connectivity index (χ2n) is 3.74. The quantitative estimate of drug-likeness (QED) is 0.792. The molecule has 2 rings (SSSR count). The molecule has 0 bridgehead atoms. The molecule has 1 unspecified atom stereocenters. The van der Waals surface area contributed by atoms with E-state index in [9.17, 15) is 0 Å². The van der Waals surface area contributed by atoms with E-state index in [2.05, 4.69) is 15.9 Å². The highest BCUT2D eigenvalue weighted by Gasteiger charge is 2.31. The fraction of sp³-hybridized carbons (Fsp3) is 0.400. The number of hydrogen-bond donors (Lipinski definition) is 2. The minimum absolute atomic E-state index is 0.0566. The van der Waals surface area contributed by atoms with Crippen molar-refractivity contribution in [2.24, 2.45) is 5.73 Å². The first-order chi connectivity index (χ1) is 6.63. The number of halogens is 1. The van der Waals surface area contributed by atoms with Gasteiger partial charge in [-0.05, 0) is 30.2 Å². The highest BCUT2D eigenvalue weighted by molar-refractivity contribution is 9.10. The number of benzene rings is 1. The van der Waals surface area contributed by atoms with Crippen LogP contribution in [0, 0.1) is 0 Å². The molecule has 3 N–H and O–H groups in total. The monoisotopic (exact) mass is 257 g/mol. The molecule has 14 heavy (non-hydrogen) atoms. The molecule has 4 heteroatoms. The maximum Gasteiger partial charge on any atom is 0.122 e. The van der Waals surface area contributed by atoms with Gasteiger partial charge in [-0.3, -0.25) is 0 Å². The van der Waals surface area contributed by atoms with Gasteiger partial charge in [0, 0.05) is 4.47 Å². The molecule has 76 valence electrons. The van der Waals surface area contributed by atoms with Gasteiger partial charge in [0.2, 0.25) is 0 Å². The van der Waals surface area contributed by atoms with Crippen molar-refractivity contribution in [2.75, 3.05) is 13.2 Å². The molecule has 0 aromatic heterocycles. The Bertz CT molecular complexity index is 356. The predicted octanol–water partition coefficient (Wildman–Crippen LogP) is 1.07. The van der Waals surface area contributed by atoms with Gasteiger partial charge in [-0.15, -0.1) is 0 Å². The van der Waals surface area contributed by atoms with Crippen molar-refractivity contribution in [3.05, 3.63) is 28.2 Å². The number of aliphatic hydroxyl groups excluding tert-OH is 1. The van der Waals surface area contributed by atoms with Crippen LogP contribution in [0.4, 0.5) is 0 Å². The van der Waals surface area contributed by atoms with Gasteiger partial charge >= 0.3 is 0 Å². The third-order valence-corrected chi connectivity index (χ3v) is 2.89. The summed E-state index contributed by atoms with van der Waals surface area (Å²) in [5.41, 5.74) is 6.35. The van der Waals surface area contributed by atoms with Gasteiger partial charge in [-0.2, -0.15) is 0 Å². The first-order valence-corrected chi connectivity index (χ1v) is 5.23. The van der Waals surface area contributed by atoms with Crippen molar-refractivity contribution in [3.8, 4) is 5.75 Å². The molecule has 0 aliphatic carbocycles. The van der Waals surface area contributed by atoms with Gasteiger partial charge in [0.1, 0.15) is 12.4 Å². The minimum Gasteiger partial charge on any atom is -0.491 e. The molecule has 0 spiro atoms. The third-order valence-electron chi connectivity index (χ3n) is 2.40. The summed E-state index contributed by atoms with van der Waals surface area (Å²) in [6.45, 7) is 0.317. The summed E-state index contributed by atoms with van der Waals surface area (Å²) in [5, 5.41) is 9.13. The number of aliphatic hydroxyl groups is 1. The molecular weight excluding hydrogens is 246 g/mol. The predicted molar refractivity (Wildman–Crippen MR) is 57.3 cm³/mol. The molecule has 0 amide bonds. The van der Waals surface area contributed by atoms with Crippen LogP contribution < -0.4 is 10.5 Å². The summed E-state index contributed by atoms with van der Waals surface area (Å²) in [6.07, 6.45) is 0.651. The van der Waals surface area contributed by atoms with Crippen LogP contribution in [0.2, 0.25) is 0 Å². The zero-order valence-corrected chi connectivity index (χ0v) is 9.25. The molecule has 0 saturated carbocycles. The Kier molecular flexibility index (Phi) is 2.51. The third kappa shape index (κ3) is 1.78. The second kappa shape index (κ2) is 3.53. The highest BCUT2D eigenvalue weighted by atomic mass is 79.9. The normalized spacial score (nSPS) is 25.4. The number of hydrogen-bond acceptors (Lipinski definition) is 3. The lowest BCUT2D eigenvalue weighted by atomic mass is 9.91. The van der Waals surface area contributed by atoms with Crippen molar-refractivity contribution < 1.29 is 9.84 Å². The maximum atomic E-state index is 9.13. The first kappa shape index (κ1) is 9.96. The van der Waals surface area contributed by atoms with E-state index < -0.39 is 5.54 Å². The average Bonchev–Trinajstić information content (AvgIpc) is 2.17. The lowest BCUT2D eigenvalue weighted by Crippen LogP contribution is -2.53. The van der Waals surface area contributed by atoms with Gasteiger partial charge in [-0.25, -0.2) is 0 Å². The van der Waals surface area contributed by atoms with E-state index in [1.807, 2.05) is 18.2 Å². The summed E-state index contributed by atoms with van der Waals surface area (Å²) < 4.78 is 6.48. The molecule has 1 aromatic carbocycles. The van der Waals surface area contributed by atoms with Gasteiger partial charge in [0.25, 0.3) is 0 Å². The lowest BCUT2D eigenvalue weighted by molar-refractivity contribution is 0.118. The van der Waals surface area contributed by atoms with Crippen LogP contribution in [0.15, 0.2) is 22.7 Å². The number of rotatable bonds is 1. The average molecular weight is 258 g/mol. The van der Waals surface area contributed by atoms with Gasteiger partial charge < -0.3 is 15.6 Å². The zero-order chi connectivity index (χ0) is 10.2. The lowest BCUT2D eigenvalue weighted by Gasteiger charge is -2.32. The van der Waals surface area contributed by atoms with Crippen molar-refractivity contribution in [3.63, 3.8) is 0 Å². The van der Waals surface area contributed by atoms with E-state index in [0.29, 0.717) is 13.0 Å². The fourth-order valence-corrected chi connectivity index (χ4v) is 1.99. The van der Waals surface area contributed by atoms with E-state index in [1.165, 1.54) is 0 Å². The van der Waals surface area contributed by atoms with Gasteiger partial charge in [0.15, 0.2) is 0 Å². The zero-order valence-electron chi connectivity index (χ0n) is 7.66.